The van der Waals surface area contributed by atoms with Gasteiger partial charge in [-0.3, -0.25) is 14.4 Å². The van der Waals surface area contributed by atoms with Crippen molar-refractivity contribution in [1.82, 2.24) is 9.80 Å². The first-order valence-electron chi connectivity index (χ1n) is 13.8. The number of aliphatic hydroxyl groups excluding tert-OH is 1. The molecule has 0 bridgehead atoms. The molecule has 0 saturated carbocycles. The second-order valence-corrected chi connectivity index (χ2v) is 11.8. The van der Waals surface area contributed by atoms with Crippen molar-refractivity contribution in [3.8, 4) is 0 Å². The van der Waals surface area contributed by atoms with Gasteiger partial charge in [0.1, 0.15) is 11.6 Å². The molecule has 5 atom stereocenters. The van der Waals surface area contributed by atoms with E-state index < -0.39 is 34.6 Å². The summed E-state index contributed by atoms with van der Waals surface area (Å²) in [7, 11) is 0. The Morgan fingerprint density at radius 1 is 0.947 bits per heavy atom. The molecule has 1 aromatic rings. The van der Waals surface area contributed by atoms with Crippen LogP contribution in [0.15, 0.2) is 54.6 Å². The first-order valence-corrected chi connectivity index (χ1v) is 13.8. The molecule has 5 rings (SSSR count). The number of para-hydroxylation sites is 1. The molecular weight excluding hydrogens is 482 g/mol. The third-order valence-corrected chi connectivity index (χ3v) is 8.62. The fraction of sp³-hybridized carbons (Fsp3) is 0.567. The summed E-state index contributed by atoms with van der Waals surface area (Å²) in [5, 5.41) is 9.40. The molecule has 204 valence electrons. The number of carbonyl (C=O) groups is 3. The topological polar surface area (TPSA) is 90.4 Å². The van der Waals surface area contributed by atoms with Gasteiger partial charge in [0, 0.05) is 37.5 Å². The number of rotatable bonds is 6. The number of likely N-dealkylation sites (tertiary alicyclic amines) is 1. The largest absolute Gasteiger partial charge is 0.396 e. The molecule has 0 radical (unpaired) electrons. The van der Waals surface area contributed by atoms with Crippen LogP contribution in [0.4, 0.5) is 5.69 Å². The normalized spacial score (nSPS) is 32.8. The van der Waals surface area contributed by atoms with Gasteiger partial charge >= 0.3 is 0 Å². The summed E-state index contributed by atoms with van der Waals surface area (Å²) in [4.78, 5) is 48.2. The Morgan fingerprint density at radius 2 is 1.66 bits per heavy atom. The highest BCUT2D eigenvalue weighted by Gasteiger charge is 2.75. The maximum Gasteiger partial charge on any atom is 0.249 e. The van der Waals surface area contributed by atoms with Crippen LogP contribution in [-0.4, -0.2) is 81.7 Å². The molecule has 0 aromatic heterocycles. The maximum atomic E-state index is 14.4. The number of amides is 3. The Labute approximate surface area is 224 Å². The summed E-state index contributed by atoms with van der Waals surface area (Å²) in [5.41, 5.74) is -1.95. The molecular formula is C30H39N3O5. The minimum atomic E-state index is -1.26. The van der Waals surface area contributed by atoms with E-state index in [4.69, 9.17) is 4.74 Å². The monoisotopic (exact) mass is 521 g/mol. The van der Waals surface area contributed by atoms with Crippen molar-refractivity contribution < 1.29 is 24.2 Å². The fourth-order valence-corrected chi connectivity index (χ4v) is 6.84. The minimum absolute atomic E-state index is 0.0105. The summed E-state index contributed by atoms with van der Waals surface area (Å²) in [6, 6.07) is 8.61. The van der Waals surface area contributed by atoms with E-state index in [9.17, 15) is 19.5 Å². The first-order chi connectivity index (χ1) is 18.1. The number of carbonyl (C=O) groups excluding carboxylic acids is 3. The molecule has 2 fully saturated rings. The Bertz CT molecular complexity index is 1160. The molecule has 2 saturated heterocycles. The van der Waals surface area contributed by atoms with Gasteiger partial charge in [-0.15, -0.1) is 0 Å². The molecule has 4 aliphatic rings. The number of fused-ring (bicyclic) bond motifs is 2. The SMILES string of the molecule is CC[C@@]12C=CCN(c3ccccc3)C(=O)[C@@H]1[C@H]1C(=O)N(CCCCO)C3C(=O)N(C(C)(C)C)CC=C[C@@]31O2. The van der Waals surface area contributed by atoms with E-state index in [1.54, 1.807) is 14.7 Å². The Kier molecular flexibility index (Phi) is 6.76. The zero-order valence-electron chi connectivity index (χ0n) is 22.8. The lowest BCUT2D eigenvalue weighted by molar-refractivity contribution is -0.155. The number of benzene rings is 1. The van der Waals surface area contributed by atoms with Crippen LogP contribution >= 0.6 is 0 Å². The van der Waals surface area contributed by atoms with E-state index in [0.29, 0.717) is 38.9 Å². The zero-order valence-corrected chi connectivity index (χ0v) is 22.8. The molecule has 4 aliphatic heterocycles. The van der Waals surface area contributed by atoms with Crippen LogP contribution in [0.1, 0.15) is 47.0 Å². The lowest BCUT2D eigenvalue weighted by atomic mass is 9.73. The van der Waals surface area contributed by atoms with E-state index in [1.165, 1.54) is 0 Å². The smallest absolute Gasteiger partial charge is 0.249 e. The molecule has 8 nitrogen and oxygen atoms in total. The van der Waals surface area contributed by atoms with Gasteiger partial charge in [0.05, 0.1) is 17.4 Å². The Balaban J connectivity index is 1.65. The maximum absolute atomic E-state index is 14.4. The summed E-state index contributed by atoms with van der Waals surface area (Å²) >= 11 is 0. The first kappa shape index (κ1) is 26.6. The van der Waals surface area contributed by atoms with Gasteiger partial charge in [0.15, 0.2) is 0 Å². The van der Waals surface area contributed by atoms with Gasteiger partial charge in [-0.05, 0) is 52.2 Å². The van der Waals surface area contributed by atoms with Gasteiger partial charge in [-0.25, -0.2) is 0 Å². The van der Waals surface area contributed by atoms with Crippen LogP contribution in [0, 0.1) is 11.8 Å². The highest BCUT2D eigenvalue weighted by Crippen LogP contribution is 2.58. The highest BCUT2D eigenvalue weighted by atomic mass is 16.5. The van der Waals surface area contributed by atoms with Gasteiger partial charge in [0.25, 0.3) is 0 Å². The predicted molar refractivity (Wildman–Crippen MR) is 144 cm³/mol. The molecule has 1 aromatic carbocycles. The molecule has 0 aliphatic carbocycles. The minimum Gasteiger partial charge on any atom is -0.396 e. The zero-order chi connectivity index (χ0) is 27.3. The van der Waals surface area contributed by atoms with Crippen molar-refractivity contribution in [3.63, 3.8) is 0 Å². The van der Waals surface area contributed by atoms with Crippen LogP contribution in [0.5, 0.6) is 0 Å². The van der Waals surface area contributed by atoms with Crippen molar-refractivity contribution in [2.45, 2.75) is 69.7 Å². The Hall–Kier alpha value is -2.97. The lowest BCUT2D eigenvalue weighted by Crippen LogP contribution is -2.59. The van der Waals surface area contributed by atoms with Crippen molar-refractivity contribution in [2.75, 3.05) is 31.1 Å². The number of hydrogen-bond acceptors (Lipinski definition) is 5. The standard InChI is InChI=1S/C30H39N3O5/c1-5-29-15-11-18-31(21-13-7-6-8-14-21)25(35)22(29)23-26(36)32(17-9-10-20-34)24-27(37)33(28(2,3)4)19-12-16-30(23,24)38-29/h6-8,11-16,22-24,34H,5,9-10,17-20H2,1-4H3/t22-,23-,24?,29+,30-/m0/s1. The van der Waals surface area contributed by atoms with E-state index >= 15 is 0 Å². The fourth-order valence-electron chi connectivity index (χ4n) is 6.84. The highest BCUT2D eigenvalue weighted by molar-refractivity contribution is 6.04. The molecule has 3 amide bonds. The summed E-state index contributed by atoms with van der Waals surface area (Å²) < 4.78 is 6.99. The van der Waals surface area contributed by atoms with Crippen LogP contribution in [-0.2, 0) is 19.1 Å². The number of nitrogens with zero attached hydrogens (tertiary/aromatic N) is 3. The summed E-state index contributed by atoms with van der Waals surface area (Å²) in [6.45, 7) is 9.04. The predicted octanol–water partition coefficient (Wildman–Crippen LogP) is 2.92. The summed E-state index contributed by atoms with van der Waals surface area (Å²) in [5.74, 6) is -2.15. The number of ether oxygens (including phenoxy) is 1. The van der Waals surface area contributed by atoms with Gasteiger partial charge in [-0.2, -0.15) is 0 Å². The molecule has 1 unspecified atom stereocenters. The number of unbranched alkanes of at least 4 members (excludes halogenated alkanes) is 1. The van der Waals surface area contributed by atoms with E-state index in [2.05, 4.69) is 0 Å². The molecule has 38 heavy (non-hydrogen) atoms. The van der Waals surface area contributed by atoms with E-state index in [0.717, 1.165) is 5.69 Å². The lowest BCUT2D eigenvalue weighted by Gasteiger charge is -2.41. The van der Waals surface area contributed by atoms with Crippen LogP contribution in [0.2, 0.25) is 0 Å². The van der Waals surface area contributed by atoms with Crippen LogP contribution in [0.3, 0.4) is 0 Å². The summed E-state index contributed by atoms with van der Waals surface area (Å²) in [6.07, 6.45) is 9.31. The van der Waals surface area contributed by atoms with Gasteiger partial charge in [-0.1, -0.05) is 49.4 Å². The molecule has 1 N–H and O–H groups in total. The van der Waals surface area contributed by atoms with Gasteiger partial charge < -0.3 is 24.5 Å². The van der Waals surface area contributed by atoms with Crippen molar-refractivity contribution >= 4 is 23.4 Å². The molecule has 1 spiro atoms. The molecule has 4 heterocycles. The van der Waals surface area contributed by atoms with E-state index in [1.807, 2.05) is 82.3 Å². The Morgan fingerprint density at radius 3 is 2.32 bits per heavy atom. The van der Waals surface area contributed by atoms with Gasteiger partial charge in [0.2, 0.25) is 17.7 Å². The van der Waals surface area contributed by atoms with Crippen LogP contribution < -0.4 is 4.90 Å². The average Bonchev–Trinajstić information content (AvgIpc) is 3.16. The number of aliphatic hydroxyl groups is 1. The second kappa shape index (κ2) is 9.65. The second-order valence-electron chi connectivity index (χ2n) is 11.8. The van der Waals surface area contributed by atoms with Crippen molar-refractivity contribution in [1.29, 1.82) is 0 Å². The number of anilines is 1. The van der Waals surface area contributed by atoms with E-state index in [-0.39, 0.29) is 24.3 Å². The van der Waals surface area contributed by atoms with Crippen molar-refractivity contribution in [3.05, 3.63) is 54.6 Å². The average molecular weight is 522 g/mol. The third-order valence-electron chi connectivity index (χ3n) is 8.62. The van der Waals surface area contributed by atoms with Crippen LogP contribution in [0.25, 0.3) is 0 Å². The third kappa shape index (κ3) is 3.92. The van der Waals surface area contributed by atoms with Crippen molar-refractivity contribution in [2.24, 2.45) is 11.8 Å². The molecule has 8 heteroatoms. The number of hydrogen-bond donors (Lipinski definition) is 1. The quantitative estimate of drug-likeness (QED) is 0.459.